The van der Waals surface area contributed by atoms with Crippen LogP contribution in [0.1, 0.15) is 50.5 Å². The van der Waals surface area contributed by atoms with Gasteiger partial charge in [-0.3, -0.25) is 9.63 Å². The molecule has 4 aliphatic carbocycles. The maximum atomic E-state index is 13.0. The largest absolute Gasteiger partial charge is 0.273 e. The van der Waals surface area contributed by atoms with E-state index in [4.69, 9.17) is 4.84 Å². The van der Waals surface area contributed by atoms with E-state index in [1.54, 1.807) is 5.06 Å². The lowest BCUT2D eigenvalue weighted by atomic mass is 9.43. The summed E-state index contributed by atoms with van der Waals surface area (Å²) >= 11 is 0. The van der Waals surface area contributed by atoms with Gasteiger partial charge < -0.3 is 0 Å². The summed E-state index contributed by atoms with van der Waals surface area (Å²) in [6.45, 7) is 1.46. The van der Waals surface area contributed by atoms with Crippen LogP contribution >= 0.6 is 0 Å². The fraction of sp³-hybridized carbons (Fsp3) is 0.667. The maximum Gasteiger partial charge on any atom is 0.247 e. The first-order chi connectivity index (χ1) is 11.8. The molecule has 0 spiro atoms. The lowest BCUT2D eigenvalue weighted by molar-refractivity contribution is -0.174. The average Bonchev–Trinajstić information content (AvgIpc) is 3.13. The van der Waals surface area contributed by atoms with Crippen molar-refractivity contribution in [2.24, 2.45) is 23.7 Å². The van der Waals surface area contributed by atoms with Crippen LogP contribution in [-0.4, -0.2) is 24.1 Å². The van der Waals surface area contributed by atoms with E-state index in [1.807, 2.05) is 0 Å². The molecule has 5 aliphatic rings. The third kappa shape index (κ3) is 2.17. The number of hydrogen-bond donors (Lipinski definition) is 0. The van der Waals surface area contributed by atoms with Crippen molar-refractivity contribution in [2.75, 3.05) is 13.2 Å². The molecule has 0 unspecified atom stereocenters. The minimum atomic E-state index is 0.0533. The van der Waals surface area contributed by atoms with Gasteiger partial charge in [0, 0.05) is 11.8 Å². The van der Waals surface area contributed by atoms with Crippen LogP contribution in [-0.2, 0) is 15.0 Å². The van der Waals surface area contributed by atoms with Gasteiger partial charge in [0.2, 0.25) is 5.91 Å². The third-order valence-corrected chi connectivity index (χ3v) is 7.38. The fourth-order valence-corrected chi connectivity index (χ4v) is 6.62. The molecule has 3 heteroatoms. The standard InChI is InChI=1S/C21H27NO2/c23-20(22-7-4-8-24-22)14-21(17-5-2-1-3-6-17)18-10-15-9-16(12-18)13-19(21)11-15/h1-3,5-6,15-16,18-19H,4,7-14H2. The highest BCUT2D eigenvalue weighted by Crippen LogP contribution is 2.64. The Balaban J connectivity index is 1.53. The van der Waals surface area contributed by atoms with Gasteiger partial charge in [-0.15, -0.1) is 0 Å². The van der Waals surface area contributed by atoms with Crippen molar-refractivity contribution < 1.29 is 9.63 Å². The summed E-state index contributed by atoms with van der Waals surface area (Å²) in [4.78, 5) is 18.6. The Bertz CT molecular complexity index is 592. The van der Waals surface area contributed by atoms with Gasteiger partial charge in [-0.05, 0) is 67.8 Å². The molecule has 3 nitrogen and oxygen atoms in total. The van der Waals surface area contributed by atoms with E-state index in [0.29, 0.717) is 24.9 Å². The van der Waals surface area contributed by atoms with E-state index in [9.17, 15) is 4.79 Å². The monoisotopic (exact) mass is 325 g/mol. The third-order valence-electron chi connectivity index (χ3n) is 7.38. The Morgan fingerprint density at radius 3 is 2.29 bits per heavy atom. The first-order valence-corrected chi connectivity index (χ1v) is 9.74. The fourth-order valence-electron chi connectivity index (χ4n) is 6.62. The molecule has 0 N–H and O–H groups in total. The normalized spacial score (nSPS) is 40.2. The van der Waals surface area contributed by atoms with Crippen LogP contribution < -0.4 is 0 Å². The van der Waals surface area contributed by atoms with Crippen molar-refractivity contribution >= 4 is 5.91 Å². The minimum Gasteiger partial charge on any atom is -0.273 e. The van der Waals surface area contributed by atoms with E-state index in [1.165, 1.54) is 37.7 Å². The number of benzene rings is 1. The zero-order valence-electron chi connectivity index (χ0n) is 14.3. The van der Waals surface area contributed by atoms with Crippen molar-refractivity contribution in [2.45, 2.75) is 50.4 Å². The summed E-state index contributed by atoms with van der Waals surface area (Å²) in [6.07, 6.45) is 8.38. The van der Waals surface area contributed by atoms with Crippen molar-refractivity contribution in [1.82, 2.24) is 5.06 Å². The van der Waals surface area contributed by atoms with Gasteiger partial charge in [0.25, 0.3) is 0 Å². The van der Waals surface area contributed by atoms with E-state index in [0.717, 1.165) is 24.8 Å². The number of nitrogens with zero attached hydrogens (tertiary/aromatic N) is 1. The van der Waals surface area contributed by atoms with Crippen molar-refractivity contribution in [3.63, 3.8) is 0 Å². The molecule has 0 aromatic heterocycles. The van der Waals surface area contributed by atoms with Gasteiger partial charge in [-0.2, -0.15) is 0 Å². The number of hydroxylamine groups is 2. The molecule has 0 radical (unpaired) electrons. The second-order valence-corrected chi connectivity index (χ2v) is 8.57. The second-order valence-electron chi connectivity index (χ2n) is 8.57. The van der Waals surface area contributed by atoms with Crippen LogP contribution in [0, 0.1) is 23.7 Å². The molecule has 1 amide bonds. The lowest BCUT2D eigenvalue weighted by Crippen LogP contribution is -2.57. The molecule has 1 aromatic carbocycles. The SMILES string of the molecule is O=C(CC1(c2ccccc2)C2CC3CC(C2)CC1C3)N1CCCO1. The Morgan fingerprint density at radius 2 is 1.71 bits per heavy atom. The zero-order chi connectivity index (χ0) is 16.1. The molecule has 128 valence electrons. The molecule has 0 atom stereocenters. The van der Waals surface area contributed by atoms with Gasteiger partial charge in [0.05, 0.1) is 13.2 Å². The first kappa shape index (κ1) is 14.9. The molecule has 24 heavy (non-hydrogen) atoms. The van der Waals surface area contributed by atoms with E-state index in [2.05, 4.69) is 30.3 Å². The van der Waals surface area contributed by atoms with Crippen LogP contribution in [0.15, 0.2) is 30.3 Å². The molecule has 1 aromatic rings. The van der Waals surface area contributed by atoms with Crippen LogP contribution in [0.3, 0.4) is 0 Å². The predicted octanol–water partition coefficient (Wildman–Crippen LogP) is 3.93. The molecule has 5 fully saturated rings. The van der Waals surface area contributed by atoms with Crippen molar-refractivity contribution in [3.8, 4) is 0 Å². The van der Waals surface area contributed by atoms with Crippen molar-refractivity contribution in [3.05, 3.63) is 35.9 Å². The molecule has 1 aliphatic heterocycles. The van der Waals surface area contributed by atoms with Gasteiger partial charge >= 0.3 is 0 Å². The Morgan fingerprint density at radius 1 is 1.04 bits per heavy atom. The molecule has 1 saturated heterocycles. The Kier molecular flexibility index (Phi) is 3.48. The highest BCUT2D eigenvalue weighted by molar-refractivity contribution is 5.77. The highest BCUT2D eigenvalue weighted by atomic mass is 16.7. The molecule has 6 rings (SSSR count). The second kappa shape index (κ2) is 5.59. The van der Waals surface area contributed by atoms with Gasteiger partial charge in [0.15, 0.2) is 0 Å². The van der Waals surface area contributed by atoms with Gasteiger partial charge in [-0.1, -0.05) is 30.3 Å². The number of carbonyl (C=O) groups excluding carboxylic acids is 1. The molecular weight excluding hydrogens is 298 g/mol. The molecule has 4 saturated carbocycles. The van der Waals surface area contributed by atoms with E-state index < -0.39 is 0 Å². The summed E-state index contributed by atoms with van der Waals surface area (Å²) in [5.74, 6) is 3.42. The average molecular weight is 325 g/mol. The first-order valence-electron chi connectivity index (χ1n) is 9.74. The number of rotatable bonds is 3. The number of hydrogen-bond acceptors (Lipinski definition) is 2. The predicted molar refractivity (Wildman–Crippen MR) is 92.1 cm³/mol. The van der Waals surface area contributed by atoms with Gasteiger partial charge in [0.1, 0.15) is 0 Å². The summed E-state index contributed by atoms with van der Waals surface area (Å²) in [5, 5.41) is 1.65. The minimum absolute atomic E-state index is 0.0533. The van der Waals surface area contributed by atoms with E-state index >= 15 is 0 Å². The van der Waals surface area contributed by atoms with E-state index in [-0.39, 0.29) is 11.3 Å². The van der Waals surface area contributed by atoms with Crippen molar-refractivity contribution in [1.29, 1.82) is 0 Å². The van der Waals surface area contributed by atoms with Crippen LogP contribution in [0.5, 0.6) is 0 Å². The topological polar surface area (TPSA) is 29.5 Å². The molecule has 4 bridgehead atoms. The number of carbonyl (C=O) groups is 1. The van der Waals surface area contributed by atoms with Gasteiger partial charge in [-0.25, -0.2) is 5.06 Å². The quantitative estimate of drug-likeness (QED) is 0.842. The molecule has 1 heterocycles. The van der Waals surface area contributed by atoms with Crippen LogP contribution in [0.4, 0.5) is 0 Å². The summed E-state index contributed by atoms with van der Waals surface area (Å²) in [5.41, 5.74) is 1.46. The molecular formula is C21H27NO2. The van der Waals surface area contributed by atoms with Crippen LogP contribution in [0.25, 0.3) is 0 Å². The summed E-state index contributed by atoms with van der Waals surface area (Å²) in [7, 11) is 0. The Labute approximate surface area is 144 Å². The summed E-state index contributed by atoms with van der Waals surface area (Å²) in [6, 6.07) is 11.0. The number of amides is 1. The summed E-state index contributed by atoms with van der Waals surface area (Å²) < 4.78 is 0. The Hall–Kier alpha value is -1.35. The van der Waals surface area contributed by atoms with Crippen LogP contribution in [0.2, 0.25) is 0 Å². The maximum absolute atomic E-state index is 13.0. The zero-order valence-corrected chi connectivity index (χ0v) is 14.3. The lowest BCUT2D eigenvalue weighted by Gasteiger charge is -2.61. The highest BCUT2D eigenvalue weighted by Gasteiger charge is 2.58. The smallest absolute Gasteiger partial charge is 0.247 e.